The number of benzene rings is 1. The Morgan fingerprint density at radius 1 is 1.43 bits per heavy atom. The second kappa shape index (κ2) is 6.13. The van der Waals surface area contributed by atoms with Crippen LogP contribution >= 0.6 is 0 Å². The second-order valence-electron chi connectivity index (χ2n) is 4.90. The molecule has 0 bridgehead atoms. The Balaban J connectivity index is 2.29. The van der Waals surface area contributed by atoms with Gasteiger partial charge in [-0.05, 0) is 26.0 Å². The van der Waals surface area contributed by atoms with Crippen molar-refractivity contribution >= 4 is 17.5 Å². The van der Waals surface area contributed by atoms with E-state index < -0.39 is 11.5 Å². The highest BCUT2D eigenvalue weighted by Crippen LogP contribution is 2.37. The lowest BCUT2D eigenvalue weighted by molar-refractivity contribution is -0.148. The maximum absolute atomic E-state index is 12.6. The van der Waals surface area contributed by atoms with Gasteiger partial charge in [0.15, 0.2) is 0 Å². The zero-order valence-electron chi connectivity index (χ0n) is 12.5. The van der Waals surface area contributed by atoms with E-state index in [1.807, 2.05) is 19.1 Å². The van der Waals surface area contributed by atoms with Crippen LogP contribution < -0.4 is 15.0 Å². The van der Waals surface area contributed by atoms with Crippen LogP contribution in [0.2, 0.25) is 0 Å². The number of hydrogen-bond donors (Lipinski definition) is 1. The average molecular weight is 292 g/mol. The molecule has 0 spiro atoms. The van der Waals surface area contributed by atoms with Gasteiger partial charge < -0.3 is 19.7 Å². The summed E-state index contributed by atoms with van der Waals surface area (Å²) in [6.07, 6.45) is 0. The molecule has 114 valence electrons. The van der Waals surface area contributed by atoms with E-state index >= 15 is 0 Å². The van der Waals surface area contributed by atoms with E-state index in [1.54, 1.807) is 24.1 Å². The lowest BCUT2D eigenvalue weighted by Gasteiger charge is -2.39. The van der Waals surface area contributed by atoms with Crippen LogP contribution in [0, 0.1) is 0 Å². The Kier molecular flexibility index (Phi) is 4.47. The molecule has 0 aliphatic carbocycles. The lowest BCUT2D eigenvalue weighted by atomic mass is 10.00. The van der Waals surface area contributed by atoms with Gasteiger partial charge >= 0.3 is 0 Å². The fourth-order valence-corrected chi connectivity index (χ4v) is 2.29. The van der Waals surface area contributed by atoms with Crippen molar-refractivity contribution < 1.29 is 19.1 Å². The molecule has 1 heterocycles. The SMILES string of the molecule is CCN1C(=O)C(C)(C(=O)NCCOC)Oc2ccccc21. The highest BCUT2D eigenvalue weighted by Gasteiger charge is 2.50. The molecular formula is C15H20N2O4. The summed E-state index contributed by atoms with van der Waals surface area (Å²) in [6, 6.07) is 7.20. The van der Waals surface area contributed by atoms with E-state index in [0.29, 0.717) is 31.1 Å². The number of nitrogens with zero attached hydrogens (tertiary/aromatic N) is 1. The summed E-state index contributed by atoms with van der Waals surface area (Å²) in [5.41, 5.74) is -0.870. The number of methoxy groups -OCH3 is 1. The van der Waals surface area contributed by atoms with Crippen LogP contribution in [0.4, 0.5) is 5.69 Å². The fraction of sp³-hybridized carbons (Fsp3) is 0.467. The molecule has 1 aliphatic heterocycles. The van der Waals surface area contributed by atoms with E-state index in [0.717, 1.165) is 0 Å². The molecule has 0 saturated carbocycles. The van der Waals surface area contributed by atoms with E-state index in [-0.39, 0.29) is 5.91 Å². The molecule has 1 atom stereocenters. The second-order valence-corrected chi connectivity index (χ2v) is 4.90. The van der Waals surface area contributed by atoms with Crippen LogP contribution in [0.1, 0.15) is 13.8 Å². The first-order valence-corrected chi connectivity index (χ1v) is 6.91. The molecule has 1 N–H and O–H groups in total. The zero-order valence-corrected chi connectivity index (χ0v) is 12.5. The number of para-hydroxylation sites is 2. The topological polar surface area (TPSA) is 67.9 Å². The van der Waals surface area contributed by atoms with Crippen molar-refractivity contribution in [1.82, 2.24) is 5.32 Å². The molecular weight excluding hydrogens is 272 g/mol. The van der Waals surface area contributed by atoms with E-state index in [1.165, 1.54) is 6.92 Å². The molecule has 0 saturated heterocycles. The highest BCUT2D eigenvalue weighted by atomic mass is 16.5. The van der Waals surface area contributed by atoms with Crippen molar-refractivity contribution in [3.05, 3.63) is 24.3 Å². The predicted octanol–water partition coefficient (Wildman–Crippen LogP) is 0.953. The predicted molar refractivity (Wildman–Crippen MR) is 78.4 cm³/mol. The normalized spacial score (nSPS) is 20.7. The number of amides is 2. The summed E-state index contributed by atoms with van der Waals surface area (Å²) in [5.74, 6) is -0.292. The molecule has 0 aromatic heterocycles. The first kappa shape index (κ1) is 15.3. The third kappa shape index (κ3) is 2.71. The van der Waals surface area contributed by atoms with Crippen molar-refractivity contribution in [3.63, 3.8) is 0 Å². The molecule has 1 aromatic rings. The summed E-state index contributed by atoms with van der Waals surface area (Å²) in [6.45, 7) is 4.54. The summed E-state index contributed by atoms with van der Waals surface area (Å²) in [4.78, 5) is 26.5. The Labute approximate surface area is 124 Å². The zero-order chi connectivity index (χ0) is 15.5. The molecule has 6 nitrogen and oxygen atoms in total. The van der Waals surface area contributed by atoms with E-state index in [4.69, 9.17) is 9.47 Å². The number of anilines is 1. The number of rotatable bonds is 5. The summed E-state index contributed by atoms with van der Waals surface area (Å²) in [5, 5.41) is 2.66. The molecule has 2 rings (SSSR count). The van der Waals surface area contributed by atoms with Gasteiger partial charge in [0.05, 0.1) is 12.3 Å². The number of nitrogens with one attached hydrogen (secondary N) is 1. The van der Waals surface area contributed by atoms with Crippen LogP contribution in [0.3, 0.4) is 0 Å². The first-order chi connectivity index (χ1) is 10.0. The molecule has 2 amide bonds. The minimum atomic E-state index is -1.56. The van der Waals surface area contributed by atoms with Gasteiger partial charge in [0.25, 0.3) is 17.4 Å². The van der Waals surface area contributed by atoms with Crippen molar-refractivity contribution in [2.75, 3.05) is 31.7 Å². The van der Waals surface area contributed by atoms with Crippen molar-refractivity contribution in [2.45, 2.75) is 19.4 Å². The Morgan fingerprint density at radius 2 is 2.14 bits per heavy atom. The number of carbonyl (C=O) groups excluding carboxylic acids is 2. The van der Waals surface area contributed by atoms with Gasteiger partial charge in [-0.25, -0.2) is 0 Å². The minimum absolute atomic E-state index is 0.329. The van der Waals surface area contributed by atoms with Crippen LogP contribution in [-0.4, -0.2) is 44.2 Å². The van der Waals surface area contributed by atoms with Crippen LogP contribution in [-0.2, 0) is 14.3 Å². The van der Waals surface area contributed by atoms with Crippen molar-refractivity contribution in [1.29, 1.82) is 0 Å². The van der Waals surface area contributed by atoms with Gasteiger partial charge in [-0.15, -0.1) is 0 Å². The molecule has 1 unspecified atom stereocenters. The van der Waals surface area contributed by atoms with Gasteiger partial charge in [0.1, 0.15) is 5.75 Å². The Bertz CT molecular complexity index is 546. The fourth-order valence-electron chi connectivity index (χ4n) is 2.29. The van der Waals surface area contributed by atoms with Crippen LogP contribution in [0.5, 0.6) is 5.75 Å². The number of hydrogen-bond acceptors (Lipinski definition) is 4. The quantitative estimate of drug-likeness (QED) is 0.648. The molecule has 6 heteroatoms. The van der Waals surface area contributed by atoms with Gasteiger partial charge in [-0.1, -0.05) is 12.1 Å². The number of likely N-dealkylation sites (N-methyl/N-ethyl adjacent to an activating group) is 1. The highest BCUT2D eigenvalue weighted by molar-refractivity contribution is 6.16. The third-order valence-corrected chi connectivity index (χ3v) is 3.46. The molecule has 1 aromatic carbocycles. The molecule has 0 radical (unpaired) electrons. The third-order valence-electron chi connectivity index (χ3n) is 3.46. The van der Waals surface area contributed by atoms with Crippen molar-refractivity contribution in [3.8, 4) is 5.75 Å². The Morgan fingerprint density at radius 3 is 2.81 bits per heavy atom. The monoisotopic (exact) mass is 292 g/mol. The van der Waals surface area contributed by atoms with Gasteiger partial charge in [-0.2, -0.15) is 0 Å². The van der Waals surface area contributed by atoms with Crippen molar-refractivity contribution in [2.24, 2.45) is 0 Å². The average Bonchev–Trinajstić information content (AvgIpc) is 2.48. The number of fused-ring (bicyclic) bond motifs is 1. The molecule has 1 aliphatic rings. The lowest BCUT2D eigenvalue weighted by Crippen LogP contribution is -2.62. The maximum Gasteiger partial charge on any atom is 0.280 e. The Hall–Kier alpha value is -2.08. The van der Waals surface area contributed by atoms with Gasteiger partial charge in [0.2, 0.25) is 0 Å². The maximum atomic E-state index is 12.6. The van der Waals surface area contributed by atoms with Gasteiger partial charge in [0, 0.05) is 20.2 Å². The summed E-state index contributed by atoms with van der Waals surface area (Å²) in [7, 11) is 1.55. The van der Waals surface area contributed by atoms with E-state index in [9.17, 15) is 9.59 Å². The number of carbonyl (C=O) groups is 2. The number of ether oxygens (including phenoxy) is 2. The van der Waals surface area contributed by atoms with Crippen LogP contribution in [0.15, 0.2) is 24.3 Å². The summed E-state index contributed by atoms with van der Waals surface area (Å²) >= 11 is 0. The van der Waals surface area contributed by atoms with Gasteiger partial charge in [-0.3, -0.25) is 9.59 Å². The van der Waals surface area contributed by atoms with Crippen LogP contribution in [0.25, 0.3) is 0 Å². The summed E-state index contributed by atoms with van der Waals surface area (Å²) < 4.78 is 10.6. The largest absolute Gasteiger partial charge is 0.466 e. The smallest absolute Gasteiger partial charge is 0.280 e. The first-order valence-electron chi connectivity index (χ1n) is 6.91. The minimum Gasteiger partial charge on any atom is -0.466 e. The van der Waals surface area contributed by atoms with E-state index in [2.05, 4.69) is 5.32 Å². The molecule has 0 fully saturated rings. The standard InChI is InChI=1S/C15H20N2O4/c1-4-17-11-7-5-6-8-12(11)21-15(2,14(17)19)13(18)16-9-10-20-3/h5-8H,4,9-10H2,1-3H3,(H,16,18). The molecule has 21 heavy (non-hydrogen) atoms.